The zero-order valence-electron chi connectivity index (χ0n) is 22.8. The number of piperidine rings is 1. The highest BCUT2D eigenvalue weighted by Gasteiger charge is 2.25. The van der Waals surface area contributed by atoms with Crippen LogP contribution in [-0.4, -0.2) is 51.6 Å². The van der Waals surface area contributed by atoms with Gasteiger partial charge in [-0.3, -0.25) is 9.67 Å². The molecule has 36 heavy (non-hydrogen) atoms. The molecule has 0 spiro atoms. The lowest BCUT2D eigenvalue weighted by Gasteiger charge is -2.34. The van der Waals surface area contributed by atoms with Crippen LogP contribution in [0.15, 0.2) is 72.3 Å². The third kappa shape index (κ3) is 6.91. The predicted molar refractivity (Wildman–Crippen MR) is 155 cm³/mol. The number of anilines is 1. The fourth-order valence-corrected chi connectivity index (χ4v) is 4.63. The van der Waals surface area contributed by atoms with Crippen LogP contribution in [0.1, 0.15) is 47.0 Å². The smallest absolute Gasteiger partial charge is 0.126 e. The number of aryl methyl sites for hydroxylation is 1. The van der Waals surface area contributed by atoms with Crippen molar-refractivity contribution in [3.63, 3.8) is 0 Å². The maximum Gasteiger partial charge on any atom is 0.126 e. The molecule has 0 saturated carbocycles. The van der Waals surface area contributed by atoms with Crippen LogP contribution in [0.25, 0.3) is 21.9 Å². The Hall–Kier alpha value is -3.25. The Morgan fingerprint density at radius 1 is 1.06 bits per heavy atom. The number of likely N-dealkylation sites (tertiary alicyclic amines) is 1. The molecule has 1 N–H and O–H groups in total. The fraction of sp³-hybridized carbons (Fsp3) is 0.433. The summed E-state index contributed by atoms with van der Waals surface area (Å²) in [6.45, 7) is 14.8. The van der Waals surface area contributed by atoms with Crippen LogP contribution >= 0.6 is 0 Å². The first-order valence-corrected chi connectivity index (χ1v) is 13.2. The Morgan fingerprint density at radius 3 is 2.39 bits per heavy atom. The van der Waals surface area contributed by atoms with Gasteiger partial charge in [0.05, 0.1) is 11.9 Å². The van der Waals surface area contributed by atoms with Crippen molar-refractivity contribution in [1.82, 2.24) is 19.7 Å². The highest BCUT2D eigenvalue weighted by atomic mass is 15.2. The summed E-state index contributed by atoms with van der Waals surface area (Å²) in [4.78, 5) is 11.5. The second-order valence-corrected chi connectivity index (χ2v) is 9.33. The monoisotopic (exact) mass is 486 g/mol. The summed E-state index contributed by atoms with van der Waals surface area (Å²) in [6, 6.07) is 9.09. The minimum atomic E-state index is 0.688. The molecule has 0 radical (unpaired) electrons. The van der Waals surface area contributed by atoms with Gasteiger partial charge in [-0.05, 0) is 68.9 Å². The number of aromatic nitrogens is 3. The van der Waals surface area contributed by atoms with E-state index in [9.17, 15) is 0 Å². The van der Waals surface area contributed by atoms with Crippen molar-refractivity contribution in [1.29, 1.82) is 0 Å². The normalized spacial score (nSPS) is 16.0. The number of allylic oxidation sites excluding steroid dienone is 2. The summed E-state index contributed by atoms with van der Waals surface area (Å²) in [5.41, 5.74) is 4.76. The maximum atomic E-state index is 4.64. The summed E-state index contributed by atoms with van der Waals surface area (Å²) in [5, 5.41) is 9.57. The van der Waals surface area contributed by atoms with Gasteiger partial charge in [0.25, 0.3) is 0 Å². The van der Waals surface area contributed by atoms with Gasteiger partial charge in [0.1, 0.15) is 5.82 Å². The van der Waals surface area contributed by atoms with Crippen LogP contribution in [-0.2, 0) is 7.05 Å². The molecule has 2 aromatic heterocycles. The van der Waals surface area contributed by atoms with Crippen molar-refractivity contribution >= 4 is 22.3 Å². The molecule has 0 amide bonds. The van der Waals surface area contributed by atoms with Crippen molar-refractivity contribution in [2.45, 2.75) is 53.0 Å². The van der Waals surface area contributed by atoms with E-state index in [1.165, 1.54) is 42.6 Å². The lowest BCUT2D eigenvalue weighted by atomic mass is 9.90. The van der Waals surface area contributed by atoms with Crippen LogP contribution in [0.3, 0.4) is 0 Å². The standard InChI is InChI=1S/C14H14N4.C14H22N2.C2H6/c1-15-14-6-12-5-10(3-4-11(12)7-16-14)13-8-17-18(2)9-13;1-4-13-5-6-14(15-13)12-7-9-16(10-8-12)11(2)3;1-2/h3-9H,1-2H3,(H,15,16);4-5,11-12H,1,6-10H2,2-3H3;1-2H3. The molecule has 0 unspecified atom stereocenters. The Bertz CT molecular complexity index is 1200. The molecule has 192 valence electrons. The molecule has 2 aliphatic rings. The molecular weight excluding hydrogens is 444 g/mol. The molecule has 0 atom stereocenters. The van der Waals surface area contributed by atoms with Crippen molar-refractivity contribution in [2.24, 2.45) is 18.0 Å². The van der Waals surface area contributed by atoms with Crippen molar-refractivity contribution in [3.05, 3.63) is 67.3 Å². The number of hydrogen-bond donors (Lipinski definition) is 1. The van der Waals surface area contributed by atoms with Gasteiger partial charge in [0.2, 0.25) is 0 Å². The second kappa shape index (κ2) is 13.2. The largest absolute Gasteiger partial charge is 0.373 e. The molecule has 2 aliphatic heterocycles. The molecule has 0 bridgehead atoms. The first-order valence-electron chi connectivity index (χ1n) is 13.2. The van der Waals surface area contributed by atoms with Gasteiger partial charge in [-0.2, -0.15) is 5.10 Å². The second-order valence-electron chi connectivity index (χ2n) is 9.33. The average molecular weight is 487 g/mol. The first kappa shape index (κ1) is 27.3. The maximum absolute atomic E-state index is 4.64. The summed E-state index contributed by atoms with van der Waals surface area (Å²) in [7, 11) is 3.80. The minimum Gasteiger partial charge on any atom is -0.373 e. The van der Waals surface area contributed by atoms with E-state index in [1.54, 1.807) is 0 Å². The number of rotatable bonds is 5. The van der Waals surface area contributed by atoms with Crippen molar-refractivity contribution < 1.29 is 0 Å². The predicted octanol–water partition coefficient (Wildman–Crippen LogP) is 6.72. The molecular formula is C30H42N6. The zero-order chi connectivity index (χ0) is 26.1. The molecule has 4 heterocycles. The van der Waals surface area contributed by atoms with Gasteiger partial charge >= 0.3 is 0 Å². The van der Waals surface area contributed by atoms with E-state index in [1.807, 2.05) is 57.3 Å². The van der Waals surface area contributed by atoms with Crippen LogP contribution in [0, 0.1) is 5.92 Å². The zero-order valence-corrected chi connectivity index (χ0v) is 22.8. The van der Waals surface area contributed by atoms with Gasteiger partial charge in [0.15, 0.2) is 0 Å². The Morgan fingerprint density at radius 2 is 1.81 bits per heavy atom. The molecule has 3 aromatic rings. The minimum absolute atomic E-state index is 0.688. The van der Waals surface area contributed by atoms with Crippen LogP contribution in [0.2, 0.25) is 0 Å². The topological polar surface area (TPSA) is 58.3 Å². The third-order valence-electron chi connectivity index (χ3n) is 6.75. The van der Waals surface area contributed by atoms with E-state index in [0.29, 0.717) is 12.0 Å². The summed E-state index contributed by atoms with van der Waals surface area (Å²) in [6.07, 6.45) is 13.4. The van der Waals surface area contributed by atoms with Crippen molar-refractivity contribution in [2.75, 3.05) is 25.5 Å². The first-order chi connectivity index (χ1) is 17.5. The van der Waals surface area contributed by atoms with E-state index in [0.717, 1.165) is 28.9 Å². The Kier molecular flexibility index (Phi) is 10.00. The van der Waals surface area contributed by atoms with Crippen LogP contribution < -0.4 is 5.32 Å². The molecule has 1 fully saturated rings. The number of fused-ring (bicyclic) bond motifs is 1. The Labute approximate surface area is 216 Å². The Balaban J connectivity index is 0.000000189. The number of nitrogens with one attached hydrogen (secondary N) is 1. The van der Waals surface area contributed by atoms with E-state index >= 15 is 0 Å². The number of nitrogens with zero attached hydrogens (tertiary/aromatic N) is 5. The van der Waals surface area contributed by atoms with Crippen molar-refractivity contribution in [3.8, 4) is 11.1 Å². The van der Waals surface area contributed by atoms with Crippen LogP contribution in [0.5, 0.6) is 0 Å². The average Bonchev–Trinajstić information content (AvgIpc) is 3.59. The van der Waals surface area contributed by atoms with E-state index in [-0.39, 0.29) is 0 Å². The summed E-state index contributed by atoms with van der Waals surface area (Å²) < 4.78 is 1.81. The lowest BCUT2D eigenvalue weighted by molar-refractivity contribution is 0.169. The number of aliphatic imine (C=N–C) groups is 1. The summed E-state index contributed by atoms with van der Waals surface area (Å²) in [5.74, 6) is 1.59. The molecule has 1 saturated heterocycles. The molecule has 5 rings (SSSR count). The highest BCUT2D eigenvalue weighted by molar-refractivity contribution is 5.91. The van der Waals surface area contributed by atoms with Gasteiger partial charge in [-0.25, -0.2) is 4.98 Å². The van der Waals surface area contributed by atoms with Gasteiger partial charge in [-0.15, -0.1) is 0 Å². The SMILES string of the molecule is C=CC1=CCC(C2CCN(C(C)C)CC2)=N1.CC.CNc1cc2cc(-c3cnn(C)c3)ccc2cn1. The lowest BCUT2D eigenvalue weighted by Crippen LogP contribution is -2.40. The van der Waals surface area contributed by atoms with E-state index in [2.05, 4.69) is 76.1 Å². The number of benzene rings is 1. The van der Waals surface area contributed by atoms with Gasteiger partial charge in [0, 0.05) is 61.5 Å². The van der Waals surface area contributed by atoms with E-state index in [4.69, 9.17) is 0 Å². The number of pyridine rings is 1. The number of hydrogen-bond acceptors (Lipinski definition) is 5. The van der Waals surface area contributed by atoms with Gasteiger partial charge < -0.3 is 10.2 Å². The molecule has 0 aliphatic carbocycles. The van der Waals surface area contributed by atoms with E-state index < -0.39 is 0 Å². The van der Waals surface area contributed by atoms with Gasteiger partial charge in [-0.1, -0.05) is 38.6 Å². The molecule has 1 aromatic carbocycles. The third-order valence-corrected chi connectivity index (χ3v) is 6.75. The van der Waals surface area contributed by atoms with Crippen LogP contribution in [0.4, 0.5) is 5.82 Å². The quantitative estimate of drug-likeness (QED) is 0.435. The highest BCUT2D eigenvalue weighted by Crippen LogP contribution is 2.26. The molecule has 6 nitrogen and oxygen atoms in total. The summed E-state index contributed by atoms with van der Waals surface area (Å²) >= 11 is 0. The fourth-order valence-electron chi connectivity index (χ4n) is 4.63. The molecule has 6 heteroatoms.